The van der Waals surface area contributed by atoms with Crippen LogP contribution in [0.25, 0.3) is 0 Å². The quantitative estimate of drug-likeness (QED) is 0.673. The smallest absolute Gasteiger partial charge is 0.0140 e. The average molecular weight is 191 g/mol. The Morgan fingerprint density at radius 3 is 2.93 bits per heavy atom. The van der Waals surface area contributed by atoms with E-state index in [2.05, 4.69) is 37.9 Å². The van der Waals surface area contributed by atoms with Gasteiger partial charge in [-0.3, -0.25) is 0 Å². The number of allylic oxidation sites excluding steroid dienone is 3. The number of hydrogen-bond acceptors (Lipinski definition) is 1. The summed E-state index contributed by atoms with van der Waals surface area (Å²) in [5.41, 5.74) is 2.79. The minimum atomic E-state index is 0.729. The van der Waals surface area contributed by atoms with Crippen molar-refractivity contribution in [3.63, 3.8) is 0 Å². The molecule has 1 aliphatic heterocycles. The van der Waals surface area contributed by atoms with Gasteiger partial charge in [0.1, 0.15) is 0 Å². The van der Waals surface area contributed by atoms with Crippen molar-refractivity contribution >= 4 is 0 Å². The first-order valence-electron chi connectivity index (χ1n) is 5.46. The van der Waals surface area contributed by atoms with E-state index >= 15 is 0 Å². The van der Waals surface area contributed by atoms with E-state index in [9.17, 15) is 0 Å². The molecular formula is C13H21N. The molecule has 78 valence electrons. The van der Waals surface area contributed by atoms with Crippen molar-refractivity contribution in [3.8, 4) is 0 Å². The van der Waals surface area contributed by atoms with E-state index in [0.29, 0.717) is 0 Å². The summed E-state index contributed by atoms with van der Waals surface area (Å²) in [7, 11) is 0. The van der Waals surface area contributed by atoms with Gasteiger partial charge in [-0.2, -0.15) is 0 Å². The zero-order valence-electron chi connectivity index (χ0n) is 9.34. The predicted octanol–water partition coefficient (Wildman–Crippen LogP) is 3.06. The maximum absolute atomic E-state index is 3.88. The van der Waals surface area contributed by atoms with Gasteiger partial charge >= 0.3 is 0 Å². The van der Waals surface area contributed by atoms with Gasteiger partial charge in [0, 0.05) is 6.54 Å². The van der Waals surface area contributed by atoms with Gasteiger partial charge in [-0.1, -0.05) is 38.7 Å². The molecule has 0 aliphatic carbocycles. The van der Waals surface area contributed by atoms with Crippen LogP contribution in [-0.4, -0.2) is 13.1 Å². The monoisotopic (exact) mass is 191 g/mol. The molecule has 14 heavy (non-hydrogen) atoms. The second kappa shape index (κ2) is 5.82. The lowest BCUT2D eigenvalue weighted by atomic mass is 9.97. The summed E-state index contributed by atoms with van der Waals surface area (Å²) in [6.45, 7) is 10.5. The summed E-state index contributed by atoms with van der Waals surface area (Å²) < 4.78 is 0. The van der Waals surface area contributed by atoms with Gasteiger partial charge in [-0.15, -0.1) is 0 Å². The third-order valence-corrected chi connectivity index (χ3v) is 2.46. The molecule has 0 saturated heterocycles. The molecular weight excluding hydrogens is 170 g/mol. The standard InChI is InChI=1S/C13H21N/c1-4-12(6-5-11(2)3)13-7-9-14-10-8-13/h4,6-7,11,14H,1,5,8-10H2,2-3H3/b12-6+. The predicted molar refractivity (Wildman–Crippen MR) is 63.3 cm³/mol. The normalized spacial score (nSPS) is 18.2. The van der Waals surface area contributed by atoms with Crippen LogP contribution in [-0.2, 0) is 0 Å². The fourth-order valence-corrected chi connectivity index (χ4v) is 1.59. The molecule has 1 nitrogen and oxygen atoms in total. The fraction of sp³-hybridized carbons (Fsp3) is 0.538. The van der Waals surface area contributed by atoms with Crippen molar-refractivity contribution in [1.29, 1.82) is 0 Å². The summed E-state index contributed by atoms with van der Waals surface area (Å²) in [6.07, 6.45) is 8.85. The van der Waals surface area contributed by atoms with Crippen molar-refractivity contribution in [2.24, 2.45) is 5.92 Å². The van der Waals surface area contributed by atoms with Crippen molar-refractivity contribution in [3.05, 3.63) is 36.0 Å². The molecule has 0 aromatic heterocycles. The largest absolute Gasteiger partial charge is 0.313 e. The molecule has 1 aliphatic rings. The molecule has 0 amide bonds. The highest BCUT2D eigenvalue weighted by Gasteiger charge is 2.05. The van der Waals surface area contributed by atoms with Gasteiger partial charge in [0.15, 0.2) is 0 Å². The van der Waals surface area contributed by atoms with Crippen LogP contribution in [0, 0.1) is 5.92 Å². The van der Waals surface area contributed by atoms with Gasteiger partial charge < -0.3 is 5.32 Å². The molecule has 0 radical (unpaired) electrons. The molecule has 0 unspecified atom stereocenters. The zero-order chi connectivity index (χ0) is 10.4. The fourth-order valence-electron chi connectivity index (χ4n) is 1.59. The SMILES string of the molecule is C=C/C(=C\CC(C)C)C1=CCNCC1. The molecule has 1 heteroatoms. The van der Waals surface area contributed by atoms with E-state index in [4.69, 9.17) is 0 Å². The Kier molecular flexibility index (Phi) is 4.68. The van der Waals surface area contributed by atoms with E-state index in [1.807, 2.05) is 6.08 Å². The Bertz CT molecular complexity index is 246. The zero-order valence-corrected chi connectivity index (χ0v) is 9.34. The molecule has 1 N–H and O–H groups in total. The number of rotatable bonds is 4. The van der Waals surface area contributed by atoms with Crippen LogP contribution in [0.15, 0.2) is 36.0 Å². The van der Waals surface area contributed by atoms with Crippen LogP contribution in [0.4, 0.5) is 0 Å². The summed E-state index contributed by atoms with van der Waals surface area (Å²) in [6, 6.07) is 0. The highest BCUT2D eigenvalue weighted by Crippen LogP contribution is 2.18. The van der Waals surface area contributed by atoms with E-state index in [-0.39, 0.29) is 0 Å². The van der Waals surface area contributed by atoms with Gasteiger partial charge in [0.25, 0.3) is 0 Å². The Morgan fingerprint density at radius 1 is 1.64 bits per heavy atom. The van der Waals surface area contributed by atoms with Crippen molar-refractivity contribution in [2.45, 2.75) is 26.7 Å². The molecule has 0 saturated carbocycles. The highest BCUT2D eigenvalue weighted by molar-refractivity contribution is 5.39. The van der Waals surface area contributed by atoms with Gasteiger partial charge in [0.2, 0.25) is 0 Å². The molecule has 0 atom stereocenters. The van der Waals surface area contributed by atoms with Crippen LogP contribution in [0.2, 0.25) is 0 Å². The first-order valence-corrected chi connectivity index (χ1v) is 5.46. The van der Waals surface area contributed by atoms with Crippen LogP contribution in [0.1, 0.15) is 26.7 Å². The third-order valence-electron chi connectivity index (χ3n) is 2.46. The minimum absolute atomic E-state index is 0.729. The maximum Gasteiger partial charge on any atom is 0.0140 e. The van der Waals surface area contributed by atoms with E-state index < -0.39 is 0 Å². The molecule has 0 fully saturated rings. The summed E-state index contributed by atoms with van der Waals surface area (Å²) >= 11 is 0. The van der Waals surface area contributed by atoms with Gasteiger partial charge in [0.05, 0.1) is 0 Å². The number of hydrogen-bond donors (Lipinski definition) is 1. The third kappa shape index (κ3) is 3.51. The van der Waals surface area contributed by atoms with Gasteiger partial charge in [-0.25, -0.2) is 0 Å². The lowest BCUT2D eigenvalue weighted by molar-refractivity contribution is 0.660. The molecule has 0 bridgehead atoms. The van der Waals surface area contributed by atoms with Crippen LogP contribution >= 0.6 is 0 Å². The van der Waals surface area contributed by atoms with E-state index in [1.165, 1.54) is 11.1 Å². The van der Waals surface area contributed by atoms with E-state index in [0.717, 1.165) is 31.8 Å². The van der Waals surface area contributed by atoms with Gasteiger partial charge in [-0.05, 0) is 36.5 Å². The molecule has 0 aromatic carbocycles. The Labute approximate surface area is 87.6 Å². The first-order chi connectivity index (χ1) is 6.74. The Morgan fingerprint density at radius 2 is 2.43 bits per heavy atom. The number of nitrogens with one attached hydrogen (secondary N) is 1. The molecule has 1 rings (SSSR count). The van der Waals surface area contributed by atoms with Crippen molar-refractivity contribution in [2.75, 3.05) is 13.1 Å². The second-order valence-electron chi connectivity index (χ2n) is 4.18. The highest BCUT2D eigenvalue weighted by atomic mass is 14.8. The maximum atomic E-state index is 3.88. The lowest BCUT2D eigenvalue weighted by Gasteiger charge is -2.15. The first kappa shape index (κ1) is 11.3. The van der Waals surface area contributed by atoms with Crippen LogP contribution in [0.5, 0.6) is 0 Å². The molecule has 1 heterocycles. The lowest BCUT2D eigenvalue weighted by Crippen LogP contribution is -2.20. The van der Waals surface area contributed by atoms with E-state index in [1.54, 1.807) is 0 Å². The molecule has 0 aromatic rings. The van der Waals surface area contributed by atoms with Crippen molar-refractivity contribution in [1.82, 2.24) is 5.32 Å². The van der Waals surface area contributed by atoms with Crippen LogP contribution < -0.4 is 5.32 Å². The minimum Gasteiger partial charge on any atom is -0.313 e. The topological polar surface area (TPSA) is 12.0 Å². The second-order valence-corrected chi connectivity index (χ2v) is 4.18. The Hall–Kier alpha value is -0.820. The van der Waals surface area contributed by atoms with Crippen molar-refractivity contribution < 1.29 is 0 Å². The average Bonchev–Trinajstić information content (AvgIpc) is 2.20. The Balaban J connectivity index is 2.64. The van der Waals surface area contributed by atoms with Crippen LogP contribution in [0.3, 0.4) is 0 Å². The summed E-state index contributed by atoms with van der Waals surface area (Å²) in [5.74, 6) is 0.729. The molecule has 0 spiro atoms. The summed E-state index contributed by atoms with van der Waals surface area (Å²) in [4.78, 5) is 0. The summed E-state index contributed by atoms with van der Waals surface area (Å²) in [5, 5.41) is 3.32.